The lowest BCUT2D eigenvalue weighted by molar-refractivity contribution is 0.172. The largest absolute Gasteiger partial charge is 0.454 e. The van der Waals surface area contributed by atoms with Crippen molar-refractivity contribution in [3.63, 3.8) is 0 Å². The number of benzene rings is 1. The molecule has 1 aliphatic heterocycles. The van der Waals surface area contributed by atoms with Crippen LogP contribution in [0.3, 0.4) is 0 Å². The minimum absolute atomic E-state index is 0.0648. The van der Waals surface area contributed by atoms with E-state index in [1.807, 2.05) is 0 Å². The molecule has 1 aromatic rings. The summed E-state index contributed by atoms with van der Waals surface area (Å²) in [6.07, 6.45) is 0. The highest BCUT2D eigenvalue weighted by atomic mass is 32.2. The van der Waals surface area contributed by atoms with Crippen LogP contribution in [0, 0.1) is 0 Å². The third-order valence-electron chi connectivity index (χ3n) is 2.12. The van der Waals surface area contributed by atoms with Crippen molar-refractivity contribution in [1.82, 2.24) is 4.31 Å². The summed E-state index contributed by atoms with van der Waals surface area (Å²) in [5.74, 6) is 0.768. The van der Waals surface area contributed by atoms with E-state index in [-0.39, 0.29) is 11.7 Å². The second-order valence-electron chi connectivity index (χ2n) is 3.28. The smallest absolute Gasteiger partial charge is 0.246 e. The van der Waals surface area contributed by atoms with E-state index in [4.69, 9.17) is 9.47 Å². The van der Waals surface area contributed by atoms with Gasteiger partial charge in [0.25, 0.3) is 0 Å². The SMILES string of the molecule is CN(C)S(=O)(=O)c1cccc2c1OCO2. The zero-order valence-corrected chi connectivity index (χ0v) is 9.24. The third kappa shape index (κ3) is 1.55. The Balaban J connectivity index is 2.60. The Hall–Kier alpha value is -1.27. The Morgan fingerprint density at radius 1 is 1.27 bits per heavy atom. The molecule has 82 valence electrons. The number of hydrogen-bond donors (Lipinski definition) is 0. The maximum atomic E-state index is 11.9. The first-order valence-corrected chi connectivity index (χ1v) is 5.78. The average molecular weight is 229 g/mol. The Labute approximate surface area is 88.3 Å². The summed E-state index contributed by atoms with van der Waals surface area (Å²) in [5, 5.41) is 0. The highest BCUT2D eigenvalue weighted by Crippen LogP contribution is 2.38. The van der Waals surface area contributed by atoms with Gasteiger partial charge in [-0.15, -0.1) is 0 Å². The Bertz CT molecular complexity index is 481. The lowest BCUT2D eigenvalue weighted by Crippen LogP contribution is -2.22. The van der Waals surface area contributed by atoms with Crippen LogP contribution in [0.2, 0.25) is 0 Å². The van der Waals surface area contributed by atoms with Crippen LogP contribution in [0.25, 0.3) is 0 Å². The number of sulfonamides is 1. The predicted octanol–water partition coefficient (Wildman–Crippen LogP) is 0.666. The molecule has 0 radical (unpaired) electrons. The summed E-state index contributed by atoms with van der Waals surface area (Å²) in [6, 6.07) is 4.81. The summed E-state index contributed by atoms with van der Waals surface area (Å²) >= 11 is 0. The molecule has 0 aliphatic carbocycles. The van der Waals surface area contributed by atoms with Crippen molar-refractivity contribution in [1.29, 1.82) is 0 Å². The standard InChI is InChI=1S/C9H11NO4S/c1-10(2)15(11,12)8-5-3-4-7-9(8)14-6-13-7/h3-5H,6H2,1-2H3. The van der Waals surface area contributed by atoms with Crippen LogP contribution >= 0.6 is 0 Å². The van der Waals surface area contributed by atoms with Crippen molar-refractivity contribution in [3.05, 3.63) is 18.2 Å². The van der Waals surface area contributed by atoms with Gasteiger partial charge >= 0.3 is 0 Å². The molecule has 1 heterocycles. The minimum atomic E-state index is -3.47. The Morgan fingerprint density at radius 2 is 2.00 bits per heavy atom. The summed E-state index contributed by atoms with van der Waals surface area (Å²) in [5.41, 5.74) is 0. The monoisotopic (exact) mass is 229 g/mol. The van der Waals surface area contributed by atoms with E-state index in [1.54, 1.807) is 12.1 Å². The molecule has 0 fully saturated rings. The van der Waals surface area contributed by atoms with Crippen LogP contribution in [0.4, 0.5) is 0 Å². The summed E-state index contributed by atoms with van der Waals surface area (Å²) < 4.78 is 35.2. The molecule has 1 aliphatic rings. The lowest BCUT2D eigenvalue weighted by Gasteiger charge is -2.12. The van der Waals surface area contributed by atoms with Gasteiger partial charge in [0.15, 0.2) is 11.5 Å². The van der Waals surface area contributed by atoms with Crippen LogP contribution in [0.5, 0.6) is 11.5 Å². The van der Waals surface area contributed by atoms with Gasteiger partial charge in [-0.25, -0.2) is 12.7 Å². The van der Waals surface area contributed by atoms with Gasteiger partial charge in [-0.1, -0.05) is 6.07 Å². The van der Waals surface area contributed by atoms with Gasteiger partial charge in [-0.05, 0) is 12.1 Å². The first-order chi connectivity index (χ1) is 7.03. The van der Waals surface area contributed by atoms with Crippen molar-refractivity contribution in [2.24, 2.45) is 0 Å². The summed E-state index contributed by atoms with van der Waals surface area (Å²) in [7, 11) is -0.520. The lowest BCUT2D eigenvalue weighted by atomic mass is 10.3. The van der Waals surface area contributed by atoms with Gasteiger partial charge in [0.1, 0.15) is 4.90 Å². The van der Waals surface area contributed by atoms with Gasteiger partial charge < -0.3 is 9.47 Å². The molecule has 0 unspecified atom stereocenters. The van der Waals surface area contributed by atoms with Gasteiger partial charge in [0, 0.05) is 14.1 Å². The maximum Gasteiger partial charge on any atom is 0.246 e. The van der Waals surface area contributed by atoms with E-state index in [0.717, 1.165) is 4.31 Å². The number of para-hydroxylation sites is 1. The number of nitrogens with zero attached hydrogens (tertiary/aromatic N) is 1. The number of ether oxygens (including phenoxy) is 2. The van der Waals surface area contributed by atoms with Crippen LogP contribution in [0.15, 0.2) is 23.1 Å². The molecule has 0 N–H and O–H groups in total. The van der Waals surface area contributed by atoms with E-state index in [0.29, 0.717) is 11.5 Å². The van der Waals surface area contributed by atoms with Crippen molar-refractivity contribution in [2.75, 3.05) is 20.9 Å². The first-order valence-electron chi connectivity index (χ1n) is 4.34. The van der Waals surface area contributed by atoms with E-state index >= 15 is 0 Å². The summed E-state index contributed by atoms with van der Waals surface area (Å²) in [6.45, 7) is 0.0648. The molecule has 1 aromatic carbocycles. The number of fused-ring (bicyclic) bond motifs is 1. The van der Waals surface area contributed by atoms with Crippen molar-refractivity contribution in [2.45, 2.75) is 4.90 Å². The fourth-order valence-corrected chi connectivity index (χ4v) is 2.34. The fourth-order valence-electron chi connectivity index (χ4n) is 1.30. The Kier molecular flexibility index (Phi) is 2.32. The van der Waals surface area contributed by atoms with Gasteiger partial charge in [0.2, 0.25) is 16.8 Å². The van der Waals surface area contributed by atoms with Crippen molar-refractivity contribution in [3.8, 4) is 11.5 Å². The van der Waals surface area contributed by atoms with Crippen molar-refractivity contribution < 1.29 is 17.9 Å². The highest BCUT2D eigenvalue weighted by Gasteiger charge is 2.27. The minimum Gasteiger partial charge on any atom is -0.454 e. The predicted molar refractivity (Wildman–Crippen MR) is 53.4 cm³/mol. The van der Waals surface area contributed by atoms with Crippen LogP contribution in [-0.4, -0.2) is 33.6 Å². The molecule has 0 spiro atoms. The Morgan fingerprint density at radius 3 is 2.67 bits per heavy atom. The molecule has 0 aromatic heterocycles. The van der Waals surface area contributed by atoms with Crippen LogP contribution in [-0.2, 0) is 10.0 Å². The van der Waals surface area contributed by atoms with E-state index in [2.05, 4.69) is 0 Å². The maximum absolute atomic E-state index is 11.9. The molecule has 0 saturated carbocycles. The molecule has 0 amide bonds. The van der Waals surface area contributed by atoms with Gasteiger partial charge in [-0.2, -0.15) is 0 Å². The topological polar surface area (TPSA) is 55.8 Å². The van der Waals surface area contributed by atoms with Crippen LogP contribution in [0.1, 0.15) is 0 Å². The molecular weight excluding hydrogens is 218 g/mol. The molecule has 15 heavy (non-hydrogen) atoms. The summed E-state index contributed by atoms with van der Waals surface area (Å²) in [4.78, 5) is 0.141. The third-order valence-corrected chi connectivity index (χ3v) is 3.96. The van der Waals surface area contributed by atoms with Gasteiger partial charge in [0.05, 0.1) is 0 Å². The molecule has 2 rings (SSSR count). The number of hydrogen-bond acceptors (Lipinski definition) is 4. The second kappa shape index (κ2) is 3.39. The van der Waals surface area contributed by atoms with E-state index in [1.165, 1.54) is 20.2 Å². The zero-order chi connectivity index (χ0) is 11.1. The van der Waals surface area contributed by atoms with E-state index < -0.39 is 10.0 Å². The van der Waals surface area contributed by atoms with Gasteiger partial charge in [-0.3, -0.25) is 0 Å². The molecular formula is C9H11NO4S. The van der Waals surface area contributed by atoms with Crippen molar-refractivity contribution >= 4 is 10.0 Å². The highest BCUT2D eigenvalue weighted by molar-refractivity contribution is 7.89. The molecule has 0 saturated heterocycles. The molecule has 0 atom stereocenters. The molecule has 0 bridgehead atoms. The molecule has 5 nitrogen and oxygen atoms in total. The normalized spacial score (nSPS) is 14.6. The second-order valence-corrected chi connectivity index (χ2v) is 5.40. The first kappa shape index (κ1) is 10.3. The quantitative estimate of drug-likeness (QED) is 0.747. The van der Waals surface area contributed by atoms with Crippen LogP contribution < -0.4 is 9.47 Å². The number of rotatable bonds is 2. The fraction of sp³-hybridized carbons (Fsp3) is 0.333. The molecule has 6 heteroatoms. The average Bonchev–Trinajstić information content (AvgIpc) is 2.64. The zero-order valence-electron chi connectivity index (χ0n) is 8.43. The van der Waals surface area contributed by atoms with E-state index in [9.17, 15) is 8.42 Å².